The first-order chi connectivity index (χ1) is 9.10. The number of carbonyl (C=O) groups is 1. The third-order valence-electron chi connectivity index (χ3n) is 2.73. The molecule has 1 aromatic heterocycles. The molecule has 0 radical (unpaired) electrons. The highest BCUT2D eigenvalue weighted by molar-refractivity contribution is 5.72. The van der Waals surface area contributed by atoms with Gasteiger partial charge in [0.15, 0.2) is 11.6 Å². The maximum Gasteiger partial charge on any atom is 0.310 e. The van der Waals surface area contributed by atoms with Gasteiger partial charge in [-0.1, -0.05) is 13.8 Å². The number of aromatic nitrogens is 1. The first-order valence-electron chi connectivity index (χ1n) is 6.46. The maximum absolute atomic E-state index is 11.4. The third-order valence-corrected chi connectivity index (χ3v) is 2.73. The van der Waals surface area contributed by atoms with E-state index in [4.69, 9.17) is 9.47 Å². The Balaban J connectivity index is 2.75. The Hall–Kier alpha value is -1.78. The van der Waals surface area contributed by atoms with E-state index >= 15 is 0 Å². The first-order valence-corrected chi connectivity index (χ1v) is 6.46. The fourth-order valence-electron chi connectivity index (χ4n) is 1.77. The summed E-state index contributed by atoms with van der Waals surface area (Å²) in [5.41, 5.74) is 0. The van der Waals surface area contributed by atoms with Crippen LogP contribution in [0.2, 0.25) is 0 Å². The van der Waals surface area contributed by atoms with Crippen LogP contribution < -0.4 is 9.64 Å². The van der Waals surface area contributed by atoms with Gasteiger partial charge >= 0.3 is 5.97 Å². The maximum atomic E-state index is 11.4. The molecular formula is C14H22N2O3. The molecule has 1 heterocycles. The van der Waals surface area contributed by atoms with Crippen molar-refractivity contribution in [3.05, 3.63) is 18.3 Å². The topological polar surface area (TPSA) is 51.7 Å². The molecule has 1 atom stereocenters. The summed E-state index contributed by atoms with van der Waals surface area (Å²) < 4.78 is 10.4. The largest absolute Gasteiger partial charge is 0.490 e. The van der Waals surface area contributed by atoms with Crippen LogP contribution in [0.1, 0.15) is 20.3 Å². The second-order valence-corrected chi connectivity index (χ2v) is 4.48. The van der Waals surface area contributed by atoms with Gasteiger partial charge in [-0.3, -0.25) is 4.79 Å². The summed E-state index contributed by atoms with van der Waals surface area (Å²) in [7, 11) is 3.29. The molecule has 0 saturated heterocycles. The number of anilines is 1. The SMILES string of the molecule is CCCOc1cccnc1N(C)CC(C)C(=O)OC. The lowest BCUT2D eigenvalue weighted by Crippen LogP contribution is -2.30. The van der Waals surface area contributed by atoms with Crippen LogP contribution in [-0.4, -0.2) is 38.3 Å². The van der Waals surface area contributed by atoms with E-state index in [1.807, 2.05) is 31.0 Å². The van der Waals surface area contributed by atoms with E-state index in [2.05, 4.69) is 11.9 Å². The Kier molecular flexibility index (Phi) is 6.12. The number of ether oxygens (including phenoxy) is 2. The van der Waals surface area contributed by atoms with Crippen LogP contribution in [0.5, 0.6) is 5.75 Å². The highest BCUT2D eigenvalue weighted by atomic mass is 16.5. The van der Waals surface area contributed by atoms with Crippen molar-refractivity contribution < 1.29 is 14.3 Å². The third kappa shape index (κ3) is 4.43. The predicted molar refractivity (Wildman–Crippen MR) is 74.5 cm³/mol. The fraction of sp³-hybridized carbons (Fsp3) is 0.571. The molecule has 0 aromatic carbocycles. The Bertz CT molecular complexity index is 409. The minimum absolute atomic E-state index is 0.212. The van der Waals surface area contributed by atoms with Crippen LogP contribution in [-0.2, 0) is 9.53 Å². The summed E-state index contributed by atoms with van der Waals surface area (Å²) in [4.78, 5) is 17.7. The van der Waals surface area contributed by atoms with E-state index in [0.717, 1.165) is 18.0 Å². The summed E-state index contributed by atoms with van der Waals surface area (Å²) in [5, 5.41) is 0. The number of carbonyl (C=O) groups excluding carboxylic acids is 1. The molecule has 0 fully saturated rings. The van der Waals surface area contributed by atoms with E-state index in [0.29, 0.717) is 13.2 Å². The van der Waals surface area contributed by atoms with Crippen molar-refractivity contribution in [3.63, 3.8) is 0 Å². The van der Waals surface area contributed by atoms with Crippen molar-refractivity contribution in [2.45, 2.75) is 20.3 Å². The Labute approximate surface area is 114 Å². The molecule has 0 aliphatic rings. The van der Waals surface area contributed by atoms with Gasteiger partial charge in [-0.15, -0.1) is 0 Å². The summed E-state index contributed by atoms with van der Waals surface area (Å²) in [6, 6.07) is 3.73. The van der Waals surface area contributed by atoms with E-state index < -0.39 is 0 Å². The van der Waals surface area contributed by atoms with E-state index in [9.17, 15) is 4.79 Å². The van der Waals surface area contributed by atoms with Gasteiger partial charge in [0.25, 0.3) is 0 Å². The molecule has 19 heavy (non-hydrogen) atoms. The van der Waals surface area contributed by atoms with Crippen molar-refractivity contribution in [1.29, 1.82) is 0 Å². The minimum atomic E-state index is -0.223. The number of hydrogen-bond donors (Lipinski definition) is 0. The van der Waals surface area contributed by atoms with Gasteiger partial charge in [-0.05, 0) is 18.6 Å². The van der Waals surface area contributed by atoms with Gasteiger partial charge in [-0.25, -0.2) is 4.98 Å². The lowest BCUT2D eigenvalue weighted by atomic mass is 10.2. The van der Waals surface area contributed by atoms with E-state index in [1.165, 1.54) is 7.11 Å². The zero-order valence-electron chi connectivity index (χ0n) is 12.0. The van der Waals surface area contributed by atoms with Crippen LogP contribution in [0.4, 0.5) is 5.82 Å². The number of nitrogens with zero attached hydrogens (tertiary/aromatic N) is 2. The molecule has 106 valence electrons. The number of esters is 1. The van der Waals surface area contributed by atoms with Crippen LogP contribution in [0, 0.1) is 5.92 Å². The van der Waals surface area contributed by atoms with Gasteiger partial charge in [0, 0.05) is 19.8 Å². The van der Waals surface area contributed by atoms with Gasteiger partial charge in [0.05, 0.1) is 19.6 Å². The molecule has 1 aromatic rings. The van der Waals surface area contributed by atoms with Crippen molar-refractivity contribution >= 4 is 11.8 Å². The molecule has 0 bridgehead atoms. The molecule has 0 amide bonds. The van der Waals surface area contributed by atoms with Crippen LogP contribution >= 0.6 is 0 Å². The first kappa shape index (κ1) is 15.3. The molecule has 0 aliphatic carbocycles. The van der Waals surface area contributed by atoms with E-state index in [1.54, 1.807) is 6.20 Å². The van der Waals surface area contributed by atoms with Gasteiger partial charge in [0.2, 0.25) is 0 Å². The molecule has 0 spiro atoms. The second kappa shape index (κ2) is 7.61. The minimum Gasteiger partial charge on any atom is -0.490 e. The Morgan fingerprint density at radius 3 is 2.89 bits per heavy atom. The average Bonchev–Trinajstić information content (AvgIpc) is 2.44. The van der Waals surface area contributed by atoms with Crippen LogP contribution in [0.25, 0.3) is 0 Å². The van der Waals surface area contributed by atoms with Crippen molar-refractivity contribution in [2.24, 2.45) is 5.92 Å². The van der Waals surface area contributed by atoms with Gasteiger partial charge < -0.3 is 14.4 Å². The van der Waals surface area contributed by atoms with Crippen LogP contribution in [0.15, 0.2) is 18.3 Å². The molecule has 1 rings (SSSR count). The summed E-state index contributed by atoms with van der Waals surface area (Å²) >= 11 is 0. The quantitative estimate of drug-likeness (QED) is 0.707. The van der Waals surface area contributed by atoms with Gasteiger partial charge in [-0.2, -0.15) is 0 Å². The molecule has 0 aliphatic heterocycles. The predicted octanol–water partition coefficient (Wildman–Crippen LogP) is 2.12. The smallest absolute Gasteiger partial charge is 0.310 e. The lowest BCUT2D eigenvalue weighted by Gasteiger charge is -2.23. The number of rotatable bonds is 7. The second-order valence-electron chi connectivity index (χ2n) is 4.48. The number of methoxy groups -OCH3 is 1. The molecule has 0 N–H and O–H groups in total. The van der Waals surface area contributed by atoms with Crippen molar-refractivity contribution in [3.8, 4) is 5.75 Å². The fourth-order valence-corrected chi connectivity index (χ4v) is 1.77. The highest BCUT2D eigenvalue weighted by Crippen LogP contribution is 2.25. The van der Waals surface area contributed by atoms with Crippen molar-refractivity contribution in [1.82, 2.24) is 4.98 Å². The molecule has 5 heteroatoms. The van der Waals surface area contributed by atoms with E-state index in [-0.39, 0.29) is 11.9 Å². The molecule has 0 saturated carbocycles. The Morgan fingerprint density at radius 2 is 2.26 bits per heavy atom. The highest BCUT2D eigenvalue weighted by Gasteiger charge is 2.18. The number of pyridine rings is 1. The summed E-state index contributed by atoms with van der Waals surface area (Å²) in [5.74, 6) is 1.05. The molecular weight excluding hydrogens is 244 g/mol. The zero-order valence-corrected chi connectivity index (χ0v) is 12.0. The van der Waals surface area contributed by atoms with Crippen molar-refractivity contribution in [2.75, 3.05) is 32.2 Å². The lowest BCUT2D eigenvalue weighted by molar-refractivity contribution is -0.144. The normalized spacial score (nSPS) is 11.8. The summed E-state index contributed by atoms with van der Waals surface area (Å²) in [6.45, 7) is 5.07. The zero-order chi connectivity index (χ0) is 14.3. The number of hydrogen-bond acceptors (Lipinski definition) is 5. The Morgan fingerprint density at radius 1 is 1.53 bits per heavy atom. The monoisotopic (exact) mass is 266 g/mol. The molecule has 5 nitrogen and oxygen atoms in total. The average molecular weight is 266 g/mol. The van der Waals surface area contributed by atoms with Gasteiger partial charge in [0.1, 0.15) is 0 Å². The summed E-state index contributed by atoms with van der Waals surface area (Å²) in [6.07, 6.45) is 2.66. The van der Waals surface area contributed by atoms with Crippen LogP contribution in [0.3, 0.4) is 0 Å². The standard InChI is InChI=1S/C14H22N2O3/c1-5-9-19-12-7-6-8-15-13(12)16(3)10-11(2)14(17)18-4/h6-8,11H,5,9-10H2,1-4H3. The molecule has 1 unspecified atom stereocenters.